The van der Waals surface area contributed by atoms with Crippen molar-refractivity contribution < 1.29 is 5.11 Å². The molecule has 0 fully saturated rings. The van der Waals surface area contributed by atoms with Gasteiger partial charge in [-0.1, -0.05) is 0 Å². The van der Waals surface area contributed by atoms with Gasteiger partial charge in [-0.3, -0.25) is 4.98 Å². The Hall–Kier alpha value is -1.81. The van der Waals surface area contributed by atoms with Crippen molar-refractivity contribution in [1.82, 2.24) is 4.98 Å². The summed E-state index contributed by atoms with van der Waals surface area (Å²) in [4.78, 5) is 4.31. The predicted octanol–water partition coefficient (Wildman–Crippen LogP) is 1.61. The van der Waals surface area contributed by atoms with Crippen LogP contribution < -0.4 is 11.1 Å². The molecule has 0 aliphatic rings. The summed E-state index contributed by atoms with van der Waals surface area (Å²) >= 11 is 0. The summed E-state index contributed by atoms with van der Waals surface area (Å²) in [6.07, 6.45) is 1.73. The third-order valence-corrected chi connectivity index (χ3v) is 2.48. The molecule has 4 nitrogen and oxygen atoms in total. The van der Waals surface area contributed by atoms with Gasteiger partial charge in [0.2, 0.25) is 0 Å². The van der Waals surface area contributed by atoms with Crippen LogP contribution in [0.5, 0.6) is 0 Å². The zero-order chi connectivity index (χ0) is 11.5. The zero-order valence-corrected chi connectivity index (χ0v) is 9.14. The van der Waals surface area contributed by atoms with Crippen LogP contribution >= 0.6 is 0 Å². The van der Waals surface area contributed by atoms with E-state index < -0.39 is 0 Å². The molecule has 0 bridgehead atoms. The molecular formula is C12H15N3O. The lowest BCUT2D eigenvalue weighted by Gasteiger charge is -2.14. The van der Waals surface area contributed by atoms with Gasteiger partial charge in [-0.05, 0) is 31.2 Å². The predicted molar refractivity (Wildman–Crippen MR) is 66.3 cm³/mol. The molecule has 1 aromatic carbocycles. The minimum atomic E-state index is -0.00571. The van der Waals surface area contributed by atoms with Crippen molar-refractivity contribution in [1.29, 1.82) is 0 Å². The smallest absolute Gasteiger partial charge is 0.0953 e. The van der Waals surface area contributed by atoms with Crippen LogP contribution in [0.15, 0.2) is 30.5 Å². The molecule has 1 aromatic heterocycles. The van der Waals surface area contributed by atoms with Crippen LogP contribution in [0.4, 0.5) is 11.4 Å². The lowest BCUT2D eigenvalue weighted by molar-refractivity contribution is 0.281. The molecule has 1 unspecified atom stereocenters. The second kappa shape index (κ2) is 4.37. The van der Waals surface area contributed by atoms with Crippen LogP contribution in [0.25, 0.3) is 10.9 Å². The van der Waals surface area contributed by atoms with Crippen LogP contribution in [-0.4, -0.2) is 22.7 Å². The summed E-state index contributed by atoms with van der Waals surface area (Å²) in [5.74, 6) is 0. The number of aromatic nitrogens is 1. The van der Waals surface area contributed by atoms with Crippen molar-refractivity contribution in [2.75, 3.05) is 17.7 Å². The molecule has 0 aliphatic carbocycles. The fourth-order valence-corrected chi connectivity index (χ4v) is 1.62. The number of nitrogens with one attached hydrogen (secondary N) is 1. The number of hydrogen-bond acceptors (Lipinski definition) is 4. The minimum absolute atomic E-state index is 0.00571. The highest BCUT2D eigenvalue weighted by Gasteiger charge is 2.06. The summed E-state index contributed by atoms with van der Waals surface area (Å²) in [6, 6.07) is 7.52. The van der Waals surface area contributed by atoms with Crippen LogP contribution in [-0.2, 0) is 0 Å². The first-order valence-corrected chi connectivity index (χ1v) is 5.23. The Morgan fingerprint density at radius 3 is 3.00 bits per heavy atom. The summed E-state index contributed by atoms with van der Waals surface area (Å²) < 4.78 is 0. The van der Waals surface area contributed by atoms with Gasteiger partial charge < -0.3 is 16.2 Å². The normalized spacial score (nSPS) is 12.6. The van der Waals surface area contributed by atoms with Crippen molar-refractivity contribution >= 4 is 22.3 Å². The average molecular weight is 217 g/mol. The van der Waals surface area contributed by atoms with Crippen LogP contribution in [0.1, 0.15) is 6.92 Å². The molecule has 0 amide bonds. The number of nitrogen functional groups attached to an aromatic ring is 1. The maximum atomic E-state index is 9.02. The number of nitrogens with zero attached hydrogens (tertiary/aromatic N) is 1. The Bertz CT molecular complexity index is 499. The third kappa shape index (κ3) is 1.92. The third-order valence-electron chi connectivity index (χ3n) is 2.48. The van der Waals surface area contributed by atoms with E-state index in [9.17, 15) is 0 Å². The molecule has 4 N–H and O–H groups in total. The largest absolute Gasteiger partial charge is 0.398 e. The van der Waals surface area contributed by atoms with Gasteiger partial charge >= 0.3 is 0 Å². The number of pyridine rings is 1. The van der Waals surface area contributed by atoms with Gasteiger partial charge in [-0.2, -0.15) is 0 Å². The number of rotatable bonds is 3. The zero-order valence-electron chi connectivity index (χ0n) is 9.14. The van der Waals surface area contributed by atoms with E-state index in [1.807, 2.05) is 31.2 Å². The second-order valence-electron chi connectivity index (χ2n) is 3.83. The van der Waals surface area contributed by atoms with E-state index in [-0.39, 0.29) is 12.6 Å². The molecule has 2 aromatic rings. The summed E-state index contributed by atoms with van der Waals surface area (Å²) in [6.45, 7) is 1.99. The molecule has 16 heavy (non-hydrogen) atoms. The van der Waals surface area contributed by atoms with Crippen LogP contribution in [0, 0.1) is 0 Å². The standard InChI is InChI=1S/C12H15N3O/c1-8(7-16)15-11-5-4-10(13)9-3-2-6-14-12(9)11/h2-6,8,15-16H,7,13H2,1H3. The fourth-order valence-electron chi connectivity index (χ4n) is 1.62. The monoisotopic (exact) mass is 217 g/mol. The van der Waals surface area contributed by atoms with Gasteiger partial charge in [-0.25, -0.2) is 0 Å². The molecule has 4 heteroatoms. The lowest BCUT2D eigenvalue weighted by atomic mass is 10.1. The number of aliphatic hydroxyl groups is 1. The highest BCUT2D eigenvalue weighted by atomic mass is 16.3. The lowest BCUT2D eigenvalue weighted by Crippen LogP contribution is -2.19. The highest BCUT2D eigenvalue weighted by molar-refractivity contribution is 5.98. The van der Waals surface area contributed by atoms with E-state index in [4.69, 9.17) is 10.8 Å². The molecule has 0 saturated carbocycles. The van der Waals surface area contributed by atoms with E-state index in [1.54, 1.807) is 6.20 Å². The molecular weight excluding hydrogens is 202 g/mol. The Balaban J connectivity index is 2.50. The molecule has 0 aliphatic heterocycles. The van der Waals surface area contributed by atoms with Gasteiger partial charge in [0.1, 0.15) is 0 Å². The van der Waals surface area contributed by atoms with Crippen LogP contribution in [0.2, 0.25) is 0 Å². The second-order valence-corrected chi connectivity index (χ2v) is 3.83. The van der Waals surface area contributed by atoms with Gasteiger partial charge in [0.25, 0.3) is 0 Å². The minimum Gasteiger partial charge on any atom is -0.398 e. The topological polar surface area (TPSA) is 71.2 Å². The van der Waals surface area contributed by atoms with Crippen LogP contribution in [0.3, 0.4) is 0 Å². The van der Waals surface area contributed by atoms with Crippen molar-refractivity contribution in [2.24, 2.45) is 0 Å². The van der Waals surface area contributed by atoms with E-state index >= 15 is 0 Å². The Morgan fingerprint density at radius 1 is 1.44 bits per heavy atom. The van der Waals surface area contributed by atoms with Crippen molar-refractivity contribution in [3.8, 4) is 0 Å². The first-order valence-electron chi connectivity index (χ1n) is 5.23. The average Bonchev–Trinajstić information content (AvgIpc) is 2.33. The first-order chi connectivity index (χ1) is 7.72. The fraction of sp³-hybridized carbons (Fsp3) is 0.250. The molecule has 1 heterocycles. The Kier molecular flexibility index (Phi) is 2.92. The molecule has 1 atom stereocenters. The van der Waals surface area contributed by atoms with E-state index in [0.717, 1.165) is 16.6 Å². The van der Waals surface area contributed by atoms with E-state index in [0.29, 0.717) is 5.69 Å². The summed E-state index contributed by atoms with van der Waals surface area (Å²) in [5, 5.41) is 13.1. The molecule has 84 valence electrons. The Labute approximate surface area is 94.1 Å². The molecule has 2 rings (SSSR count). The van der Waals surface area contributed by atoms with Crippen molar-refractivity contribution in [2.45, 2.75) is 13.0 Å². The van der Waals surface area contributed by atoms with Gasteiger partial charge in [0.05, 0.1) is 17.8 Å². The van der Waals surface area contributed by atoms with E-state index in [1.165, 1.54) is 0 Å². The maximum Gasteiger partial charge on any atom is 0.0953 e. The number of hydrogen-bond donors (Lipinski definition) is 3. The van der Waals surface area contributed by atoms with Crippen molar-refractivity contribution in [3.63, 3.8) is 0 Å². The maximum absolute atomic E-state index is 9.02. The molecule has 0 radical (unpaired) electrons. The van der Waals surface area contributed by atoms with Crippen molar-refractivity contribution in [3.05, 3.63) is 30.5 Å². The number of nitrogens with two attached hydrogens (primary N) is 1. The van der Waals surface area contributed by atoms with Gasteiger partial charge in [0.15, 0.2) is 0 Å². The Morgan fingerprint density at radius 2 is 2.25 bits per heavy atom. The quantitative estimate of drug-likeness (QED) is 0.683. The first kappa shape index (κ1) is 10.7. The number of aliphatic hydroxyl groups excluding tert-OH is 1. The number of fused-ring (bicyclic) bond motifs is 1. The molecule has 0 saturated heterocycles. The molecule has 0 spiro atoms. The van der Waals surface area contributed by atoms with Gasteiger partial charge in [-0.15, -0.1) is 0 Å². The number of anilines is 2. The van der Waals surface area contributed by atoms with Gasteiger partial charge in [0, 0.05) is 23.3 Å². The number of benzene rings is 1. The SMILES string of the molecule is CC(CO)Nc1ccc(N)c2cccnc12. The highest BCUT2D eigenvalue weighted by Crippen LogP contribution is 2.26. The summed E-state index contributed by atoms with van der Waals surface area (Å²) in [7, 11) is 0. The van der Waals surface area contributed by atoms with E-state index in [2.05, 4.69) is 10.3 Å². The summed E-state index contributed by atoms with van der Waals surface area (Å²) in [5.41, 5.74) is 8.32.